The molecule has 4 N–H and O–H groups in total. The number of Topliss-reactive ketones (excluding diaryl/α,β-unsaturated/α-hetero) is 1. The minimum atomic E-state index is -1.30. The van der Waals surface area contributed by atoms with E-state index in [-0.39, 0.29) is 35.7 Å². The topological polar surface area (TPSA) is 182 Å². The molecular weight excluding hydrogens is 508 g/mol. The molecule has 2 atom stereocenters. The lowest BCUT2D eigenvalue weighted by Gasteiger charge is -2.25. The van der Waals surface area contributed by atoms with Crippen LogP contribution in [0, 0.1) is 0 Å². The Bertz CT molecular complexity index is 1450. The van der Waals surface area contributed by atoms with E-state index in [1.54, 1.807) is 30.3 Å². The van der Waals surface area contributed by atoms with Gasteiger partial charge in [-0.1, -0.05) is 12.1 Å². The lowest BCUT2D eigenvalue weighted by molar-refractivity contribution is -0.127. The fourth-order valence-electron chi connectivity index (χ4n) is 4.34. The van der Waals surface area contributed by atoms with Gasteiger partial charge in [-0.05, 0) is 37.3 Å². The number of ketones is 1. The van der Waals surface area contributed by atoms with E-state index in [1.165, 1.54) is 25.4 Å². The van der Waals surface area contributed by atoms with Crippen LogP contribution in [-0.4, -0.2) is 82.6 Å². The molecule has 1 aliphatic rings. The average molecular weight is 535 g/mol. The summed E-state index contributed by atoms with van der Waals surface area (Å²) in [6.45, 7) is -0.452. The van der Waals surface area contributed by atoms with Crippen LogP contribution in [0.25, 0.3) is 11.0 Å². The molecule has 0 unspecified atom stereocenters. The predicted molar refractivity (Wildman–Crippen MR) is 139 cm³/mol. The Labute approximate surface area is 222 Å². The first-order chi connectivity index (χ1) is 18.7. The maximum absolute atomic E-state index is 13.8. The number of carbonyl (C=O) groups is 6. The van der Waals surface area contributed by atoms with Crippen LogP contribution in [-0.2, 0) is 24.0 Å². The average Bonchev–Trinajstić information content (AvgIpc) is 3.36. The standard InChI is InChI=1S/C26H26N6O7/c1-15(35)8-17(12-33)29-23(36)11-32-22-5-3-2-4-21(22)31(24(37)13-34)10-20(26(32)39)30-25(38)16-6-7-18-19(9-16)28-14-27-18/h2-7,9,12,14,17,20,34H,8,10-11,13H2,1H3,(H,27,28)(H,29,36)(H,30,38)/t17-,20-/m0/s1. The van der Waals surface area contributed by atoms with Crippen molar-refractivity contribution < 1.29 is 33.9 Å². The SMILES string of the molecule is CC(=O)C[C@@H](C=O)NC(=O)CN1C(=O)[C@@H](NC(=O)c2ccc3nc[nH]c3c2)CN(C(=O)CO)c2ccccc21. The van der Waals surface area contributed by atoms with Crippen LogP contribution < -0.4 is 20.4 Å². The molecule has 13 heteroatoms. The molecular formula is C26H26N6O7. The monoisotopic (exact) mass is 534 g/mol. The fraction of sp³-hybridized carbons (Fsp3) is 0.269. The molecule has 0 aliphatic carbocycles. The molecule has 4 amide bonds. The number of para-hydroxylation sites is 2. The molecule has 0 saturated carbocycles. The van der Waals surface area contributed by atoms with Crippen molar-refractivity contribution >= 4 is 58.1 Å². The number of fused-ring (bicyclic) bond motifs is 2. The number of aromatic amines is 1. The molecule has 4 rings (SSSR count). The maximum atomic E-state index is 13.8. The summed E-state index contributed by atoms with van der Waals surface area (Å²) in [5, 5.41) is 14.6. The van der Waals surface area contributed by atoms with Crippen molar-refractivity contribution in [2.75, 3.05) is 29.5 Å². The van der Waals surface area contributed by atoms with Gasteiger partial charge in [0.15, 0.2) is 0 Å². The first-order valence-corrected chi connectivity index (χ1v) is 12.0. The second-order valence-corrected chi connectivity index (χ2v) is 8.95. The summed E-state index contributed by atoms with van der Waals surface area (Å²) >= 11 is 0. The number of rotatable bonds is 9. The van der Waals surface area contributed by atoms with Crippen LogP contribution in [0.5, 0.6) is 0 Å². The van der Waals surface area contributed by atoms with Gasteiger partial charge in [0.1, 0.15) is 31.3 Å². The smallest absolute Gasteiger partial charge is 0.252 e. The Hall–Kier alpha value is -4.91. The third kappa shape index (κ3) is 5.99. The second-order valence-electron chi connectivity index (χ2n) is 8.95. The minimum absolute atomic E-state index is 0.185. The van der Waals surface area contributed by atoms with E-state index < -0.39 is 48.9 Å². The van der Waals surface area contributed by atoms with E-state index in [9.17, 15) is 33.9 Å². The molecule has 0 fully saturated rings. The number of anilines is 2. The van der Waals surface area contributed by atoms with Gasteiger partial charge in [-0.3, -0.25) is 28.9 Å². The fourth-order valence-corrected chi connectivity index (χ4v) is 4.34. The van der Waals surface area contributed by atoms with Crippen LogP contribution in [0.3, 0.4) is 0 Å². The number of nitrogens with zero attached hydrogens (tertiary/aromatic N) is 3. The molecule has 0 saturated heterocycles. The van der Waals surface area contributed by atoms with E-state index >= 15 is 0 Å². The van der Waals surface area contributed by atoms with Gasteiger partial charge < -0.3 is 30.4 Å². The Morgan fingerprint density at radius 2 is 1.92 bits per heavy atom. The van der Waals surface area contributed by atoms with Gasteiger partial charge in [0.05, 0.1) is 41.3 Å². The Balaban J connectivity index is 1.66. The normalized spacial score (nSPS) is 15.7. The van der Waals surface area contributed by atoms with Crippen molar-refractivity contribution in [3.63, 3.8) is 0 Å². The molecule has 0 bridgehead atoms. The number of amides is 4. The first kappa shape index (κ1) is 27.1. The van der Waals surface area contributed by atoms with Crippen molar-refractivity contribution in [2.45, 2.75) is 25.4 Å². The number of aliphatic hydroxyl groups is 1. The molecule has 202 valence electrons. The highest BCUT2D eigenvalue weighted by molar-refractivity contribution is 6.11. The number of hydrogen-bond acceptors (Lipinski definition) is 8. The number of aldehydes is 1. The lowest BCUT2D eigenvalue weighted by Crippen LogP contribution is -2.55. The van der Waals surface area contributed by atoms with Gasteiger partial charge in [0.2, 0.25) is 5.91 Å². The number of benzene rings is 2. The summed E-state index contributed by atoms with van der Waals surface area (Å²) < 4.78 is 0. The van der Waals surface area contributed by atoms with Crippen LogP contribution in [0.2, 0.25) is 0 Å². The zero-order chi connectivity index (χ0) is 28.1. The highest BCUT2D eigenvalue weighted by Crippen LogP contribution is 2.33. The van der Waals surface area contributed by atoms with Crippen LogP contribution in [0.1, 0.15) is 23.7 Å². The maximum Gasteiger partial charge on any atom is 0.252 e. The molecule has 2 aromatic carbocycles. The van der Waals surface area contributed by atoms with Gasteiger partial charge in [-0.25, -0.2) is 4.98 Å². The van der Waals surface area contributed by atoms with E-state index in [4.69, 9.17) is 0 Å². The third-order valence-corrected chi connectivity index (χ3v) is 6.14. The Morgan fingerprint density at radius 1 is 1.18 bits per heavy atom. The molecule has 39 heavy (non-hydrogen) atoms. The molecule has 2 heterocycles. The van der Waals surface area contributed by atoms with Crippen LogP contribution in [0.4, 0.5) is 11.4 Å². The minimum Gasteiger partial charge on any atom is -0.387 e. The summed E-state index contributed by atoms with van der Waals surface area (Å²) in [5.74, 6) is -3.07. The molecule has 1 aromatic heterocycles. The van der Waals surface area contributed by atoms with Crippen molar-refractivity contribution in [3.8, 4) is 0 Å². The van der Waals surface area contributed by atoms with Crippen molar-refractivity contribution in [1.29, 1.82) is 0 Å². The van der Waals surface area contributed by atoms with E-state index in [0.29, 0.717) is 17.3 Å². The second kappa shape index (κ2) is 11.6. The Morgan fingerprint density at radius 3 is 2.62 bits per heavy atom. The molecule has 3 aromatic rings. The number of H-pyrrole nitrogens is 1. The first-order valence-electron chi connectivity index (χ1n) is 12.0. The number of imidazole rings is 1. The van der Waals surface area contributed by atoms with Gasteiger partial charge >= 0.3 is 0 Å². The summed E-state index contributed by atoms with van der Waals surface area (Å²) in [7, 11) is 0. The zero-order valence-corrected chi connectivity index (χ0v) is 20.9. The van der Waals surface area contributed by atoms with Crippen molar-refractivity contribution in [3.05, 3.63) is 54.4 Å². The number of hydrogen-bond donors (Lipinski definition) is 4. The summed E-state index contributed by atoms with van der Waals surface area (Å²) in [6.07, 6.45) is 1.70. The zero-order valence-electron chi connectivity index (χ0n) is 20.9. The van der Waals surface area contributed by atoms with E-state index in [1.807, 2.05) is 0 Å². The molecule has 0 radical (unpaired) electrons. The number of nitrogens with one attached hydrogen (secondary N) is 3. The third-order valence-electron chi connectivity index (χ3n) is 6.14. The van der Waals surface area contributed by atoms with Gasteiger partial charge in [0.25, 0.3) is 17.7 Å². The van der Waals surface area contributed by atoms with E-state index in [2.05, 4.69) is 20.6 Å². The Kier molecular flexibility index (Phi) is 8.10. The molecule has 0 spiro atoms. The summed E-state index contributed by atoms with van der Waals surface area (Å²) in [4.78, 5) is 84.5. The summed E-state index contributed by atoms with van der Waals surface area (Å²) in [6, 6.07) is 8.62. The van der Waals surface area contributed by atoms with Gasteiger partial charge in [-0.15, -0.1) is 0 Å². The van der Waals surface area contributed by atoms with Gasteiger partial charge in [-0.2, -0.15) is 0 Å². The summed E-state index contributed by atoms with van der Waals surface area (Å²) in [5.41, 5.74) is 1.90. The predicted octanol–water partition coefficient (Wildman–Crippen LogP) is -0.304. The molecule has 1 aliphatic heterocycles. The number of aliphatic hydroxyl groups excluding tert-OH is 1. The highest BCUT2D eigenvalue weighted by Gasteiger charge is 2.37. The largest absolute Gasteiger partial charge is 0.387 e. The highest BCUT2D eigenvalue weighted by atomic mass is 16.3. The van der Waals surface area contributed by atoms with Gasteiger partial charge in [0, 0.05) is 12.0 Å². The van der Waals surface area contributed by atoms with Crippen LogP contribution in [0.15, 0.2) is 48.8 Å². The van der Waals surface area contributed by atoms with Crippen molar-refractivity contribution in [2.24, 2.45) is 0 Å². The number of aromatic nitrogens is 2. The van der Waals surface area contributed by atoms with Crippen molar-refractivity contribution in [1.82, 2.24) is 20.6 Å². The molecule has 13 nitrogen and oxygen atoms in total. The van der Waals surface area contributed by atoms with Crippen LogP contribution >= 0.6 is 0 Å². The quantitative estimate of drug-likeness (QED) is 0.270. The number of carbonyl (C=O) groups excluding carboxylic acids is 6. The lowest BCUT2D eigenvalue weighted by atomic mass is 10.1. The van der Waals surface area contributed by atoms with E-state index in [0.717, 1.165) is 9.80 Å².